The average Bonchev–Trinajstić information content (AvgIpc) is 2.63. The van der Waals surface area contributed by atoms with Gasteiger partial charge in [0.05, 0.1) is 6.61 Å². The van der Waals surface area contributed by atoms with Crippen LogP contribution in [0.15, 0.2) is 0 Å². The van der Waals surface area contributed by atoms with E-state index in [9.17, 15) is 14.3 Å². The lowest BCUT2D eigenvalue weighted by atomic mass is 9.93. The van der Waals surface area contributed by atoms with Gasteiger partial charge in [-0.05, 0) is 0 Å². The highest BCUT2D eigenvalue weighted by atomic mass is 31.2. The Morgan fingerprint density at radius 2 is 2.05 bits per heavy atom. The van der Waals surface area contributed by atoms with E-state index >= 15 is 0 Å². The molecular formula is C9H16BO9P. The molecule has 20 heavy (non-hydrogen) atoms. The maximum atomic E-state index is 11.5. The topological polar surface area (TPSA) is 121 Å². The number of ether oxygens (including phenoxy) is 3. The van der Waals surface area contributed by atoms with Crippen LogP contribution in [0.1, 0.15) is 0 Å². The summed E-state index contributed by atoms with van der Waals surface area (Å²) in [6.45, 7) is -0.626. The average molecular weight is 310 g/mol. The molecule has 0 bridgehead atoms. The molecule has 2 radical (unpaired) electrons. The predicted molar refractivity (Wildman–Crippen MR) is 65.4 cm³/mol. The van der Waals surface area contributed by atoms with Crippen LogP contribution >= 0.6 is 7.82 Å². The van der Waals surface area contributed by atoms with Gasteiger partial charge >= 0.3 is 13.8 Å². The lowest BCUT2D eigenvalue weighted by Gasteiger charge is -2.24. The minimum atomic E-state index is -4.31. The highest BCUT2D eigenvalue weighted by molar-refractivity contribution is 7.47. The van der Waals surface area contributed by atoms with E-state index < -0.39 is 44.7 Å². The molecule has 5 unspecified atom stereocenters. The fourth-order valence-corrected chi connectivity index (χ4v) is 2.38. The molecule has 0 aromatic carbocycles. The van der Waals surface area contributed by atoms with Gasteiger partial charge in [0.15, 0.2) is 0 Å². The monoisotopic (exact) mass is 310 g/mol. The van der Waals surface area contributed by atoms with Gasteiger partial charge in [-0.3, -0.25) is 9.05 Å². The van der Waals surface area contributed by atoms with E-state index in [1.807, 2.05) is 0 Å². The lowest BCUT2D eigenvalue weighted by Crippen LogP contribution is -2.39. The minimum Gasteiger partial charge on any atom is -0.480 e. The van der Waals surface area contributed by atoms with Gasteiger partial charge in [-0.15, -0.1) is 0 Å². The molecule has 0 aromatic heterocycles. The molecule has 0 aromatic rings. The maximum absolute atomic E-state index is 11.5. The zero-order valence-electron chi connectivity index (χ0n) is 11.0. The number of phosphoric acid groups is 1. The molecule has 5 atom stereocenters. The van der Waals surface area contributed by atoms with Gasteiger partial charge < -0.3 is 24.2 Å². The van der Waals surface area contributed by atoms with E-state index in [0.717, 1.165) is 7.11 Å². The van der Waals surface area contributed by atoms with Gasteiger partial charge in [0.1, 0.15) is 32.8 Å². The molecule has 1 fully saturated rings. The molecule has 9 nitrogen and oxygen atoms in total. The minimum absolute atomic E-state index is 0.0228. The highest BCUT2D eigenvalue weighted by Gasteiger charge is 2.47. The van der Waals surface area contributed by atoms with E-state index in [-0.39, 0.29) is 6.61 Å². The van der Waals surface area contributed by atoms with Gasteiger partial charge in [0.25, 0.3) is 0 Å². The van der Waals surface area contributed by atoms with Crippen LogP contribution in [0, 0.1) is 0 Å². The van der Waals surface area contributed by atoms with Crippen molar-refractivity contribution in [3.8, 4) is 0 Å². The van der Waals surface area contributed by atoms with E-state index in [4.69, 9.17) is 31.7 Å². The Morgan fingerprint density at radius 1 is 1.40 bits per heavy atom. The van der Waals surface area contributed by atoms with Crippen LogP contribution in [-0.2, 0) is 32.6 Å². The van der Waals surface area contributed by atoms with Gasteiger partial charge in [0.2, 0.25) is 0 Å². The molecular weight excluding hydrogens is 294 g/mol. The van der Waals surface area contributed by atoms with Crippen LogP contribution < -0.4 is 0 Å². The van der Waals surface area contributed by atoms with Gasteiger partial charge in [0, 0.05) is 20.2 Å². The fourth-order valence-electron chi connectivity index (χ4n) is 1.74. The van der Waals surface area contributed by atoms with Gasteiger partial charge in [-0.2, -0.15) is 0 Å². The van der Waals surface area contributed by atoms with Crippen LogP contribution in [0.25, 0.3) is 0 Å². The van der Waals surface area contributed by atoms with Crippen molar-refractivity contribution in [3.63, 3.8) is 0 Å². The second-order valence-corrected chi connectivity index (χ2v) is 5.50. The Kier molecular flexibility index (Phi) is 6.60. The number of carboxylic acid groups (broad SMARTS) is 1. The van der Waals surface area contributed by atoms with E-state index in [1.54, 1.807) is 0 Å². The van der Waals surface area contributed by atoms with Crippen molar-refractivity contribution in [2.75, 3.05) is 27.4 Å². The number of methoxy groups -OCH3 is 1. The van der Waals surface area contributed by atoms with Crippen molar-refractivity contribution in [1.82, 2.24) is 0 Å². The van der Waals surface area contributed by atoms with Crippen molar-refractivity contribution in [1.29, 1.82) is 0 Å². The zero-order chi connectivity index (χ0) is 15.3. The standard InChI is InChI=1S/C9H16BO9P/c1-15-3-5-7(19-20(13,14)16-2)8(9(10)18-5)17-4-6(11)12/h5,7-9H,3-4H2,1-2H3,(H,11,12)(H,13,14). The SMILES string of the molecule is [B]C1OC(COC)C(OP(=O)(O)OC)C1OCC(=O)O. The number of carbonyl (C=O) groups is 1. The predicted octanol–water partition coefficient (Wildman–Crippen LogP) is -0.872. The second kappa shape index (κ2) is 7.51. The maximum Gasteiger partial charge on any atom is 0.472 e. The van der Waals surface area contributed by atoms with Crippen molar-refractivity contribution >= 4 is 21.6 Å². The summed E-state index contributed by atoms with van der Waals surface area (Å²) in [4.78, 5) is 19.9. The second-order valence-electron chi connectivity index (χ2n) is 3.99. The molecule has 1 saturated heterocycles. The van der Waals surface area contributed by atoms with Gasteiger partial charge in [-0.25, -0.2) is 9.36 Å². The summed E-state index contributed by atoms with van der Waals surface area (Å²) >= 11 is 0. The largest absolute Gasteiger partial charge is 0.480 e. The van der Waals surface area contributed by atoms with Crippen molar-refractivity contribution in [2.24, 2.45) is 0 Å². The number of rotatable bonds is 8. The molecule has 1 aliphatic rings. The van der Waals surface area contributed by atoms with Crippen molar-refractivity contribution < 1.29 is 42.6 Å². The molecule has 0 saturated carbocycles. The molecule has 11 heteroatoms. The Bertz CT molecular complexity index is 378. The molecule has 0 amide bonds. The third-order valence-electron chi connectivity index (χ3n) is 2.56. The number of aliphatic carboxylic acids is 1. The summed E-state index contributed by atoms with van der Waals surface area (Å²) in [7, 11) is 3.73. The third kappa shape index (κ3) is 4.82. The Balaban J connectivity index is 2.81. The summed E-state index contributed by atoms with van der Waals surface area (Å²) in [5.41, 5.74) is 0. The van der Waals surface area contributed by atoms with Gasteiger partial charge in [-0.1, -0.05) is 0 Å². The normalized spacial score (nSPS) is 33.0. The van der Waals surface area contributed by atoms with Crippen molar-refractivity contribution in [3.05, 3.63) is 0 Å². The highest BCUT2D eigenvalue weighted by Crippen LogP contribution is 2.46. The first-order valence-electron chi connectivity index (χ1n) is 5.61. The first-order valence-corrected chi connectivity index (χ1v) is 7.10. The van der Waals surface area contributed by atoms with Crippen LogP contribution in [0.3, 0.4) is 0 Å². The molecule has 1 heterocycles. The summed E-state index contributed by atoms with van der Waals surface area (Å²) < 4.78 is 35.9. The fraction of sp³-hybridized carbons (Fsp3) is 0.889. The van der Waals surface area contributed by atoms with E-state index in [0.29, 0.717) is 0 Å². The Hall–Kier alpha value is -0.475. The molecule has 2 N–H and O–H groups in total. The Labute approximate surface area is 117 Å². The number of hydrogen-bond acceptors (Lipinski definition) is 7. The molecule has 0 spiro atoms. The summed E-state index contributed by atoms with van der Waals surface area (Å²) in [6, 6.07) is -1.02. The molecule has 114 valence electrons. The molecule has 1 aliphatic heterocycles. The number of hydrogen-bond donors (Lipinski definition) is 2. The van der Waals surface area contributed by atoms with Crippen LogP contribution in [0.4, 0.5) is 0 Å². The zero-order valence-corrected chi connectivity index (χ0v) is 11.9. The lowest BCUT2D eigenvalue weighted by molar-refractivity contribution is -0.146. The van der Waals surface area contributed by atoms with Crippen LogP contribution in [0.5, 0.6) is 0 Å². The number of phosphoric ester groups is 1. The molecule has 0 aliphatic carbocycles. The molecule has 1 rings (SSSR count). The van der Waals surface area contributed by atoms with E-state index in [2.05, 4.69) is 4.52 Å². The summed E-state index contributed by atoms with van der Waals surface area (Å²) in [6.07, 6.45) is -2.92. The first-order chi connectivity index (χ1) is 9.30. The Morgan fingerprint density at radius 3 is 2.55 bits per heavy atom. The first kappa shape index (κ1) is 17.6. The van der Waals surface area contributed by atoms with Crippen LogP contribution in [0.2, 0.25) is 0 Å². The summed E-state index contributed by atoms with van der Waals surface area (Å²) in [5.74, 6) is -1.22. The number of carboxylic acids is 1. The third-order valence-corrected chi connectivity index (χ3v) is 3.53. The van der Waals surface area contributed by atoms with Crippen LogP contribution in [-0.4, -0.2) is 75.6 Å². The smallest absolute Gasteiger partial charge is 0.472 e. The van der Waals surface area contributed by atoms with Crippen molar-refractivity contribution in [2.45, 2.75) is 24.3 Å². The van der Waals surface area contributed by atoms with E-state index in [1.165, 1.54) is 7.11 Å². The summed E-state index contributed by atoms with van der Waals surface area (Å²) in [5, 5.41) is 8.59. The quantitative estimate of drug-likeness (QED) is 0.435.